The Morgan fingerprint density at radius 3 is 1.15 bits per heavy atom. The maximum Gasteiger partial charge on any atom is -0.00107 e. The van der Waals surface area contributed by atoms with Gasteiger partial charge in [-0.2, -0.15) is 0 Å². The molecule has 0 heteroatoms. The normalized spacial score (nSPS) is 12.4. The van der Waals surface area contributed by atoms with Crippen LogP contribution >= 0.6 is 0 Å². The highest BCUT2D eigenvalue weighted by molar-refractivity contribution is 6.07. The van der Waals surface area contributed by atoms with E-state index in [0.29, 0.717) is 0 Å². The number of aryl methyl sites for hydroxylation is 4. The maximum atomic E-state index is 2.50. The van der Waals surface area contributed by atoms with Crippen LogP contribution in [0, 0.1) is 27.7 Å². The Bertz CT molecular complexity index is 1600. The summed E-state index contributed by atoms with van der Waals surface area (Å²) in [6.07, 6.45) is 1.87. The van der Waals surface area contributed by atoms with Gasteiger partial charge in [0.05, 0.1) is 0 Å². The molecule has 0 aliphatic rings. The molecular formula is C40H46. The molecule has 0 amide bonds. The fraction of sp³-hybridized carbons (Fsp3) is 0.350. The van der Waals surface area contributed by atoms with Crippen LogP contribution in [0.25, 0.3) is 21.5 Å². The minimum atomic E-state index is 0.0864. The van der Waals surface area contributed by atoms with E-state index in [1.807, 2.05) is 0 Å². The first-order valence-corrected chi connectivity index (χ1v) is 14.9. The van der Waals surface area contributed by atoms with E-state index in [1.54, 1.807) is 0 Å². The average Bonchev–Trinajstić information content (AvgIpc) is 2.88. The molecule has 0 atom stereocenters. The van der Waals surface area contributed by atoms with Gasteiger partial charge in [0.2, 0.25) is 0 Å². The minimum absolute atomic E-state index is 0.0864. The molecule has 206 valence electrons. The Balaban J connectivity index is 1.90. The summed E-state index contributed by atoms with van der Waals surface area (Å²) >= 11 is 0. The summed E-state index contributed by atoms with van der Waals surface area (Å²) in [6, 6.07) is 28.4. The summed E-state index contributed by atoms with van der Waals surface area (Å²) in [6.45, 7) is 22.9. The Kier molecular flexibility index (Phi) is 7.20. The monoisotopic (exact) mass is 526 g/mol. The van der Waals surface area contributed by atoms with E-state index in [0.717, 1.165) is 12.8 Å². The highest BCUT2D eigenvalue weighted by Crippen LogP contribution is 2.40. The van der Waals surface area contributed by atoms with Crippen LogP contribution in [0.4, 0.5) is 0 Å². The Morgan fingerprint density at radius 2 is 0.800 bits per heavy atom. The number of benzene rings is 5. The van der Waals surface area contributed by atoms with Crippen molar-refractivity contribution < 1.29 is 0 Å². The van der Waals surface area contributed by atoms with Crippen LogP contribution in [0.15, 0.2) is 72.8 Å². The summed E-state index contributed by atoms with van der Waals surface area (Å²) in [4.78, 5) is 0. The molecule has 0 saturated heterocycles. The van der Waals surface area contributed by atoms with Crippen LogP contribution < -0.4 is 0 Å². The van der Waals surface area contributed by atoms with Crippen molar-refractivity contribution >= 4 is 21.5 Å². The molecule has 5 aromatic rings. The molecule has 0 heterocycles. The van der Waals surface area contributed by atoms with Gasteiger partial charge >= 0.3 is 0 Å². The molecule has 0 unspecified atom stereocenters. The fourth-order valence-electron chi connectivity index (χ4n) is 6.08. The lowest BCUT2D eigenvalue weighted by molar-refractivity contribution is 0.590. The molecule has 40 heavy (non-hydrogen) atoms. The summed E-state index contributed by atoms with van der Waals surface area (Å²) in [5, 5.41) is 5.61. The highest BCUT2D eigenvalue weighted by Gasteiger charge is 2.22. The fourth-order valence-corrected chi connectivity index (χ4v) is 6.08. The lowest BCUT2D eigenvalue weighted by atomic mass is 9.79. The van der Waals surface area contributed by atoms with Gasteiger partial charge in [-0.15, -0.1) is 0 Å². The van der Waals surface area contributed by atoms with Gasteiger partial charge in [0.25, 0.3) is 0 Å². The zero-order valence-corrected chi connectivity index (χ0v) is 26.3. The second-order valence-corrected chi connectivity index (χ2v) is 14.2. The number of hydrogen-bond donors (Lipinski definition) is 0. The summed E-state index contributed by atoms with van der Waals surface area (Å²) in [5.74, 6) is 0. The zero-order chi connectivity index (χ0) is 29.0. The molecule has 0 aliphatic heterocycles. The third-order valence-corrected chi connectivity index (χ3v) is 8.82. The van der Waals surface area contributed by atoms with Crippen LogP contribution in [-0.4, -0.2) is 0 Å². The van der Waals surface area contributed by atoms with E-state index in [-0.39, 0.29) is 10.8 Å². The Hall–Kier alpha value is -3.38. The molecule has 0 nitrogen and oxygen atoms in total. The van der Waals surface area contributed by atoms with Crippen molar-refractivity contribution in [2.24, 2.45) is 0 Å². The van der Waals surface area contributed by atoms with Crippen LogP contribution in [0.2, 0.25) is 0 Å². The first kappa shape index (κ1) is 28.2. The van der Waals surface area contributed by atoms with Crippen molar-refractivity contribution in [3.63, 3.8) is 0 Å². The molecule has 0 bridgehead atoms. The topological polar surface area (TPSA) is 0 Å². The Labute approximate surface area is 242 Å². The highest BCUT2D eigenvalue weighted by atomic mass is 14.3. The van der Waals surface area contributed by atoms with E-state index >= 15 is 0 Å². The van der Waals surface area contributed by atoms with Crippen molar-refractivity contribution in [1.82, 2.24) is 0 Å². The number of fused-ring (bicyclic) bond motifs is 2. The average molecular weight is 527 g/mol. The number of rotatable bonds is 4. The van der Waals surface area contributed by atoms with Crippen LogP contribution in [0.5, 0.6) is 0 Å². The van der Waals surface area contributed by atoms with Crippen molar-refractivity contribution in [2.75, 3.05) is 0 Å². The largest absolute Gasteiger partial charge is 0.0590 e. The summed E-state index contributed by atoms with van der Waals surface area (Å²) in [5.41, 5.74) is 14.1. The zero-order valence-electron chi connectivity index (χ0n) is 26.3. The third kappa shape index (κ3) is 5.46. The molecule has 0 N–H and O–H groups in total. The van der Waals surface area contributed by atoms with Crippen molar-refractivity contribution in [1.29, 1.82) is 0 Å². The van der Waals surface area contributed by atoms with Crippen LogP contribution in [0.3, 0.4) is 0 Å². The predicted molar refractivity (Wildman–Crippen MR) is 176 cm³/mol. The van der Waals surface area contributed by atoms with E-state index in [2.05, 4.69) is 142 Å². The maximum absolute atomic E-state index is 2.50. The van der Waals surface area contributed by atoms with Gasteiger partial charge in [-0.25, -0.2) is 0 Å². The van der Waals surface area contributed by atoms with Gasteiger partial charge in [0.15, 0.2) is 0 Å². The Morgan fingerprint density at radius 1 is 0.425 bits per heavy atom. The standard InChI is InChI=1S/C40H46/c1-25-11-13-27(3)29(19-25)21-35-33-17-15-32(40(8,9)10)24-38(33)36(22-30-20-26(2)12-14-28(30)4)34-18-16-31(23-37(34)35)39(5,6)7/h11-20,23-24H,21-22H2,1-10H3. The van der Waals surface area contributed by atoms with E-state index in [9.17, 15) is 0 Å². The van der Waals surface area contributed by atoms with Gasteiger partial charge in [-0.1, -0.05) is 125 Å². The molecule has 0 aliphatic carbocycles. The summed E-state index contributed by atoms with van der Waals surface area (Å²) in [7, 11) is 0. The predicted octanol–water partition coefficient (Wildman–Crippen LogP) is 11.0. The van der Waals surface area contributed by atoms with Gasteiger partial charge in [-0.05, 0) is 117 Å². The molecule has 0 spiro atoms. The second-order valence-electron chi connectivity index (χ2n) is 14.2. The van der Waals surface area contributed by atoms with Crippen molar-refractivity contribution in [3.8, 4) is 0 Å². The van der Waals surface area contributed by atoms with E-state index in [4.69, 9.17) is 0 Å². The van der Waals surface area contributed by atoms with Gasteiger partial charge in [-0.3, -0.25) is 0 Å². The second kappa shape index (κ2) is 10.2. The van der Waals surface area contributed by atoms with E-state index < -0.39 is 0 Å². The molecule has 5 rings (SSSR count). The lowest BCUT2D eigenvalue weighted by Crippen LogP contribution is -2.12. The molecule has 0 aromatic heterocycles. The van der Waals surface area contributed by atoms with Crippen LogP contribution in [-0.2, 0) is 23.7 Å². The van der Waals surface area contributed by atoms with Gasteiger partial charge < -0.3 is 0 Å². The smallest absolute Gasteiger partial charge is 0.00107 e. The van der Waals surface area contributed by atoms with Crippen LogP contribution in [0.1, 0.15) is 97.2 Å². The third-order valence-electron chi connectivity index (χ3n) is 8.82. The minimum Gasteiger partial charge on any atom is -0.0590 e. The van der Waals surface area contributed by atoms with Crippen molar-refractivity contribution in [2.45, 2.75) is 92.9 Å². The molecule has 0 fully saturated rings. The lowest BCUT2D eigenvalue weighted by Gasteiger charge is -2.25. The molecule has 0 saturated carbocycles. The van der Waals surface area contributed by atoms with Crippen molar-refractivity contribution in [3.05, 3.63) is 128 Å². The number of hydrogen-bond acceptors (Lipinski definition) is 0. The quantitative estimate of drug-likeness (QED) is 0.204. The first-order valence-electron chi connectivity index (χ1n) is 14.9. The first-order chi connectivity index (χ1) is 18.7. The summed E-state index contributed by atoms with van der Waals surface area (Å²) < 4.78 is 0. The van der Waals surface area contributed by atoms with Gasteiger partial charge in [0, 0.05) is 0 Å². The molecule has 0 radical (unpaired) electrons. The SMILES string of the molecule is Cc1ccc(C)c(Cc2c3ccc(C(C)(C)C)cc3c(Cc3cc(C)ccc3C)c3ccc(C(C)(C)C)cc23)c1. The van der Waals surface area contributed by atoms with Gasteiger partial charge in [0.1, 0.15) is 0 Å². The van der Waals surface area contributed by atoms with E-state index in [1.165, 1.54) is 77.2 Å². The molecule has 5 aromatic carbocycles. The molecular weight excluding hydrogens is 480 g/mol.